The lowest BCUT2D eigenvalue weighted by Gasteiger charge is -2.22. The molecule has 0 spiro atoms. The van der Waals surface area contributed by atoms with E-state index in [2.05, 4.69) is 9.98 Å². The zero-order valence-corrected chi connectivity index (χ0v) is 11.6. The van der Waals surface area contributed by atoms with Gasteiger partial charge in [0.25, 0.3) is 5.91 Å². The number of pyridine rings is 1. The Morgan fingerprint density at radius 1 is 1.27 bits per heavy atom. The van der Waals surface area contributed by atoms with Crippen LogP contribution in [0.15, 0.2) is 23.3 Å². The molecule has 0 N–H and O–H groups in total. The van der Waals surface area contributed by atoms with Crippen LogP contribution in [0.3, 0.4) is 0 Å². The lowest BCUT2D eigenvalue weighted by molar-refractivity contribution is -0.141. The molecular weight excluding hydrogens is 299 g/mol. The molecule has 118 valence electrons. The van der Waals surface area contributed by atoms with Gasteiger partial charge in [-0.2, -0.15) is 13.2 Å². The molecular formula is C14H14F3N3O2. The molecule has 3 heterocycles. The summed E-state index contributed by atoms with van der Waals surface area (Å²) in [5, 5.41) is 0. The van der Waals surface area contributed by atoms with E-state index in [1.54, 1.807) is 4.90 Å². The van der Waals surface area contributed by atoms with Crippen LogP contribution in [0.1, 0.15) is 30.2 Å². The van der Waals surface area contributed by atoms with E-state index in [1.165, 1.54) is 12.5 Å². The fraction of sp³-hybridized carbons (Fsp3) is 0.500. The fourth-order valence-corrected chi connectivity index (χ4v) is 2.64. The maximum absolute atomic E-state index is 12.5. The van der Waals surface area contributed by atoms with Crippen LogP contribution in [0.4, 0.5) is 13.2 Å². The average Bonchev–Trinajstić information content (AvgIpc) is 3.17. The zero-order valence-electron chi connectivity index (χ0n) is 11.6. The summed E-state index contributed by atoms with van der Waals surface area (Å²) in [5.41, 5.74) is -0.569. The number of halogens is 3. The van der Waals surface area contributed by atoms with Crippen molar-refractivity contribution in [1.29, 1.82) is 0 Å². The molecule has 0 radical (unpaired) electrons. The second kappa shape index (κ2) is 5.58. The number of hydrogen-bond acceptors (Lipinski definition) is 4. The second-order valence-corrected chi connectivity index (χ2v) is 5.26. The summed E-state index contributed by atoms with van der Waals surface area (Å²) in [6.07, 6.45) is -1.03. The first-order chi connectivity index (χ1) is 10.5. The number of aromatic nitrogens is 1. The second-order valence-electron chi connectivity index (χ2n) is 5.26. The van der Waals surface area contributed by atoms with E-state index in [4.69, 9.17) is 4.74 Å². The first-order valence-electron chi connectivity index (χ1n) is 6.96. The number of carbonyl (C=O) groups excluding carboxylic acids is 1. The molecule has 1 amide bonds. The number of carbonyl (C=O) groups is 1. The third-order valence-electron chi connectivity index (χ3n) is 3.79. The van der Waals surface area contributed by atoms with Gasteiger partial charge in [0.15, 0.2) is 18.5 Å². The molecule has 0 aliphatic carbocycles. The van der Waals surface area contributed by atoms with Gasteiger partial charge in [0.2, 0.25) is 0 Å². The Morgan fingerprint density at radius 2 is 2.00 bits per heavy atom. The van der Waals surface area contributed by atoms with Crippen LogP contribution in [0.2, 0.25) is 0 Å². The first kappa shape index (κ1) is 14.8. The van der Waals surface area contributed by atoms with E-state index >= 15 is 0 Å². The van der Waals surface area contributed by atoms with Gasteiger partial charge in [-0.3, -0.25) is 9.78 Å². The highest BCUT2D eigenvalue weighted by molar-refractivity contribution is 5.85. The van der Waals surface area contributed by atoms with E-state index in [0.717, 1.165) is 25.1 Å². The Labute approximate surface area is 124 Å². The molecule has 1 aromatic heterocycles. The molecule has 0 unspecified atom stereocenters. The number of ether oxygens (including phenoxy) is 1. The van der Waals surface area contributed by atoms with Crippen molar-refractivity contribution in [1.82, 2.24) is 9.88 Å². The molecule has 1 saturated heterocycles. The summed E-state index contributed by atoms with van der Waals surface area (Å²) in [5.74, 6) is -0.156. The van der Waals surface area contributed by atoms with Crippen molar-refractivity contribution in [2.24, 2.45) is 4.99 Å². The number of nitrogens with zero attached hydrogens (tertiary/aromatic N) is 3. The Bertz CT molecular complexity index is 580. The molecule has 1 fully saturated rings. The van der Waals surface area contributed by atoms with E-state index in [9.17, 15) is 18.0 Å². The molecule has 0 bridgehead atoms. The maximum Gasteiger partial charge on any atom is 0.433 e. The summed E-state index contributed by atoms with van der Waals surface area (Å²) in [7, 11) is 0. The predicted molar refractivity (Wildman–Crippen MR) is 71.2 cm³/mol. The van der Waals surface area contributed by atoms with Gasteiger partial charge in [0.1, 0.15) is 5.69 Å². The molecule has 2 atom stereocenters. The SMILES string of the molecule is O=C([C@@H]1N=CO[C@H]1c1ccc(C(F)(F)F)nc1)N1CCCC1. The molecule has 8 heteroatoms. The molecule has 0 saturated carbocycles. The maximum atomic E-state index is 12.5. The standard InChI is InChI=1S/C14H14F3N3O2/c15-14(16,17)10-4-3-9(7-18-10)12-11(19-8-22-12)13(21)20-5-1-2-6-20/h3-4,7-8,11-12H,1-2,5-6H2/t11-,12+/m1/s1. The molecule has 22 heavy (non-hydrogen) atoms. The van der Waals surface area contributed by atoms with Crippen LogP contribution in [0.5, 0.6) is 0 Å². The average molecular weight is 313 g/mol. The minimum atomic E-state index is -4.49. The zero-order chi connectivity index (χ0) is 15.7. The molecule has 2 aliphatic heterocycles. The third-order valence-corrected chi connectivity index (χ3v) is 3.79. The third kappa shape index (κ3) is 2.77. The van der Waals surface area contributed by atoms with Gasteiger partial charge in [-0.1, -0.05) is 6.07 Å². The monoisotopic (exact) mass is 313 g/mol. The van der Waals surface area contributed by atoms with Crippen LogP contribution in [0, 0.1) is 0 Å². The van der Waals surface area contributed by atoms with Gasteiger partial charge in [-0.05, 0) is 18.9 Å². The normalized spacial score (nSPS) is 24.6. The quantitative estimate of drug-likeness (QED) is 0.841. The number of likely N-dealkylation sites (tertiary alicyclic amines) is 1. The Hall–Kier alpha value is -2.12. The van der Waals surface area contributed by atoms with E-state index < -0.39 is 24.0 Å². The van der Waals surface area contributed by atoms with Crippen LogP contribution >= 0.6 is 0 Å². The minimum Gasteiger partial charge on any atom is -0.473 e. The molecule has 5 nitrogen and oxygen atoms in total. The van der Waals surface area contributed by atoms with Gasteiger partial charge < -0.3 is 9.64 Å². The summed E-state index contributed by atoms with van der Waals surface area (Å²) in [6, 6.07) is 1.41. The summed E-state index contributed by atoms with van der Waals surface area (Å²) < 4.78 is 42.9. The number of aliphatic imine (C=N–C) groups is 1. The Balaban J connectivity index is 1.77. The Morgan fingerprint density at radius 3 is 2.59 bits per heavy atom. The largest absolute Gasteiger partial charge is 0.473 e. The highest BCUT2D eigenvalue weighted by atomic mass is 19.4. The molecule has 1 aromatic rings. The van der Waals surface area contributed by atoms with E-state index in [-0.39, 0.29) is 5.91 Å². The number of rotatable bonds is 2. The van der Waals surface area contributed by atoms with Crippen molar-refractivity contribution in [2.45, 2.75) is 31.2 Å². The summed E-state index contributed by atoms with van der Waals surface area (Å²) in [4.78, 5) is 21.5. The van der Waals surface area contributed by atoms with E-state index in [1.807, 2.05) is 0 Å². The lowest BCUT2D eigenvalue weighted by atomic mass is 10.0. The van der Waals surface area contributed by atoms with Gasteiger partial charge in [-0.25, -0.2) is 4.99 Å². The van der Waals surface area contributed by atoms with Crippen LogP contribution in [-0.4, -0.2) is 41.3 Å². The first-order valence-corrected chi connectivity index (χ1v) is 6.96. The number of hydrogen-bond donors (Lipinski definition) is 0. The smallest absolute Gasteiger partial charge is 0.433 e. The molecule has 3 rings (SSSR count). The van der Waals surface area contributed by atoms with Crippen molar-refractivity contribution in [2.75, 3.05) is 13.1 Å². The van der Waals surface area contributed by atoms with Crippen molar-refractivity contribution >= 4 is 12.3 Å². The summed E-state index contributed by atoms with van der Waals surface area (Å²) in [6.45, 7) is 1.37. The lowest BCUT2D eigenvalue weighted by Crippen LogP contribution is -2.38. The fourth-order valence-electron chi connectivity index (χ4n) is 2.64. The highest BCUT2D eigenvalue weighted by Crippen LogP contribution is 2.31. The van der Waals surface area contributed by atoms with Crippen molar-refractivity contribution in [3.05, 3.63) is 29.6 Å². The van der Waals surface area contributed by atoms with Crippen LogP contribution in [-0.2, 0) is 15.7 Å². The van der Waals surface area contributed by atoms with Crippen molar-refractivity contribution in [3.63, 3.8) is 0 Å². The van der Waals surface area contributed by atoms with Crippen LogP contribution in [0.25, 0.3) is 0 Å². The van der Waals surface area contributed by atoms with Gasteiger partial charge >= 0.3 is 6.18 Å². The predicted octanol–water partition coefficient (Wildman–Crippen LogP) is 2.19. The van der Waals surface area contributed by atoms with Crippen molar-refractivity contribution in [3.8, 4) is 0 Å². The summed E-state index contributed by atoms with van der Waals surface area (Å²) >= 11 is 0. The van der Waals surface area contributed by atoms with Gasteiger partial charge in [0, 0.05) is 24.8 Å². The van der Waals surface area contributed by atoms with E-state index in [0.29, 0.717) is 18.7 Å². The number of alkyl halides is 3. The topological polar surface area (TPSA) is 54.8 Å². The Kier molecular flexibility index (Phi) is 3.76. The minimum absolute atomic E-state index is 0.156. The van der Waals surface area contributed by atoms with Crippen molar-refractivity contribution < 1.29 is 22.7 Å². The van der Waals surface area contributed by atoms with Crippen LogP contribution < -0.4 is 0 Å². The highest BCUT2D eigenvalue weighted by Gasteiger charge is 2.38. The van der Waals surface area contributed by atoms with Gasteiger partial charge in [0.05, 0.1) is 0 Å². The molecule has 2 aliphatic rings. The molecule has 0 aromatic carbocycles. The number of amides is 1. The van der Waals surface area contributed by atoms with Gasteiger partial charge in [-0.15, -0.1) is 0 Å².